The van der Waals surface area contributed by atoms with Gasteiger partial charge in [0.05, 0.1) is 5.69 Å². The van der Waals surface area contributed by atoms with Crippen molar-refractivity contribution in [3.63, 3.8) is 0 Å². The number of nitrogens with two attached hydrogens (primary N) is 1. The zero-order chi connectivity index (χ0) is 15.3. The largest absolute Gasteiger partial charge is 0.330 e. The summed E-state index contributed by atoms with van der Waals surface area (Å²) in [6.45, 7) is 11.2. The third kappa shape index (κ3) is 5.59. The molecule has 0 aromatic carbocycles. The van der Waals surface area contributed by atoms with Gasteiger partial charge in [0, 0.05) is 17.2 Å². The molecule has 3 N–H and O–H groups in total. The van der Waals surface area contributed by atoms with E-state index < -0.39 is 0 Å². The highest BCUT2D eigenvalue weighted by Gasteiger charge is 2.19. The number of nitrogens with zero attached hydrogens (tertiary/aromatic N) is 1. The van der Waals surface area contributed by atoms with E-state index in [4.69, 9.17) is 5.73 Å². The molecule has 20 heavy (non-hydrogen) atoms. The van der Waals surface area contributed by atoms with E-state index >= 15 is 0 Å². The van der Waals surface area contributed by atoms with Gasteiger partial charge in [0.1, 0.15) is 0 Å². The summed E-state index contributed by atoms with van der Waals surface area (Å²) < 4.78 is 0. The Bertz CT molecular complexity index is 435. The molecule has 5 heteroatoms. The number of carbonyl (C=O) groups is 1. The molecular formula is C15H27N3OS. The fourth-order valence-corrected chi connectivity index (χ4v) is 2.99. The first-order valence-corrected chi connectivity index (χ1v) is 8.06. The second-order valence-electron chi connectivity index (χ2n) is 6.77. The van der Waals surface area contributed by atoms with Crippen LogP contribution in [-0.4, -0.2) is 17.4 Å². The Morgan fingerprint density at radius 1 is 1.45 bits per heavy atom. The molecule has 0 fully saturated rings. The second-order valence-corrected chi connectivity index (χ2v) is 7.63. The predicted octanol–water partition coefficient (Wildman–Crippen LogP) is 3.39. The molecule has 1 heterocycles. The Labute approximate surface area is 126 Å². The summed E-state index contributed by atoms with van der Waals surface area (Å²) in [4.78, 5) is 16.5. The second kappa shape index (κ2) is 7.18. The van der Waals surface area contributed by atoms with Crippen molar-refractivity contribution in [3.05, 3.63) is 11.1 Å². The fraction of sp³-hybridized carbons (Fsp3) is 0.733. The standard InChI is InChI=1S/C15H27N3OS/c1-10(2)6-11(8-16)7-13(19)18-14-17-12(9-20-14)15(3,4)5/h9-11H,6-8,16H2,1-5H3,(H,17,18,19)/t11-/m0/s1. The van der Waals surface area contributed by atoms with Crippen LogP contribution in [0, 0.1) is 11.8 Å². The van der Waals surface area contributed by atoms with Crippen molar-refractivity contribution >= 4 is 22.4 Å². The Hall–Kier alpha value is -0.940. The van der Waals surface area contributed by atoms with Crippen LogP contribution in [0.3, 0.4) is 0 Å². The average molecular weight is 297 g/mol. The Kier molecular flexibility index (Phi) is 6.14. The molecule has 0 saturated carbocycles. The highest BCUT2D eigenvalue weighted by molar-refractivity contribution is 7.13. The van der Waals surface area contributed by atoms with Crippen LogP contribution >= 0.6 is 11.3 Å². The lowest BCUT2D eigenvalue weighted by atomic mass is 9.93. The zero-order valence-corrected chi connectivity index (χ0v) is 14.0. The lowest BCUT2D eigenvalue weighted by Crippen LogP contribution is -2.23. The number of thiazole rings is 1. The zero-order valence-electron chi connectivity index (χ0n) is 13.2. The SMILES string of the molecule is CC(C)C[C@H](CN)CC(=O)Nc1nc(C(C)(C)C)cs1. The summed E-state index contributed by atoms with van der Waals surface area (Å²) in [5, 5.41) is 5.57. The third-order valence-corrected chi connectivity index (χ3v) is 3.89. The van der Waals surface area contributed by atoms with E-state index in [1.165, 1.54) is 11.3 Å². The molecule has 0 unspecified atom stereocenters. The summed E-state index contributed by atoms with van der Waals surface area (Å²) in [5.41, 5.74) is 6.75. The lowest BCUT2D eigenvalue weighted by Gasteiger charge is -2.16. The molecule has 1 rings (SSSR count). The lowest BCUT2D eigenvalue weighted by molar-refractivity contribution is -0.117. The van der Waals surface area contributed by atoms with E-state index in [0.717, 1.165) is 12.1 Å². The van der Waals surface area contributed by atoms with Crippen LogP contribution in [0.5, 0.6) is 0 Å². The van der Waals surface area contributed by atoms with Crippen molar-refractivity contribution in [1.29, 1.82) is 0 Å². The number of rotatable bonds is 6. The van der Waals surface area contributed by atoms with E-state index in [0.29, 0.717) is 24.0 Å². The first kappa shape index (κ1) is 17.1. The van der Waals surface area contributed by atoms with Gasteiger partial charge in [-0.15, -0.1) is 11.3 Å². The smallest absolute Gasteiger partial charge is 0.226 e. The van der Waals surface area contributed by atoms with Gasteiger partial charge >= 0.3 is 0 Å². The Morgan fingerprint density at radius 3 is 2.55 bits per heavy atom. The van der Waals surface area contributed by atoms with Gasteiger partial charge in [0.2, 0.25) is 5.91 Å². The van der Waals surface area contributed by atoms with E-state index in [2.05, 4.69) is 44.9 Å². The minimum Gasteiger partial charge on any atom is -0.330 e. The van der Waals surface area contributed by atoms with E-state index in [1.54, 1.807) is 0 Å². The first-order valence-electron chi connectivity index (χ1n) is 7.18. The van der Waals surface area contributed by atoms with E-state index in [-0.39, 0.29) is 17.2 Å². The van der Waals surface area contributed by atoms with Gasteiger partial charge in [-0.1, -0.05) is 34.6 Å². The molecule has 0 aliphatic carbocycles. The monoisotopic (exact) mass is 297 g/mol. The molecule has 1 aromatic rings. The van der Waals surface area contributed by atoms with Crippen LogP contribution in [0.2, 0.25) is 0 Å². The van der Waals surface area contributed by atoms with Gasteiger partial charge < -0.3 is 11.1 Å². The summed E-state index contributed by atoms with van der Waals surface area (Å²) in [7, 11) is 0. The quantitative estimate of drug-likeness (QED) is 0.845. The minimum absolute atomic E-state index is 0.0101. The maximum absolute atomic E-state index is 12.0. The van der Waals surface area contributed by atoms with Crippen molar-refractivity contribution in [3.8, 4) is 0 Å². The molecule has 4 nitrogen and oxygen atoms in total. The van der Waals surface area contributed by atoms with Crippen molar-refractivity contribution in [2.45, 2.75) is 52.9 Å². The number of nitrogens with one attached hydrogen (secondary N) is 1. The molecule has 0 aliphatic rings. The number of hydrogen-bond acceptors (Lipinski definition) is 4. The van der Waals surface area contributed by atoms with Crippen LogP contribution < -0.4 is 11.1 Å². The molecule has 0 saturated heterocycles. The third-order valence-electron chi connectivity index (χ3n) is 3.13. The number of amides is 1. The van der Waals surface area contributed by atoms with Gasteiger partial charge in [0.15, 0.2) is 5.13 Å². The van der Waals surface area contributed by atoms with Crippen molar-refractivity contribution in [2.75, 3.05) is 11.9 Å². The van der Waals surface area contributed by atoms with Gasteiger partial charge in [-0.3, -0.25) is 4.79 Å². The van der Waals surface area contributed by atoms with Crippen molar-refractivity contribution in [1.82, 2.24) is 4.98 Å². The van der Waals surface area contributed by atoms with Gasteiger partial charge in [-0.25, -0.2) is 4.98 Å². The normalized spacial score (nSPS) is 13.6. The van der Waals surface area contributed by atoms with Gasteiger partial charge in [-0.05, 0) is 24.8 Å². The minimum atomic E-state index is 0.0101. The van der Waals surface area contributed by atoms with E-state index in [1.807, 2.05) is 5.38 Å². The molecule has 0 aliphatic heterocycles. The van der Waals surface area contributed by atoms with E-state index in [9.17, 15) is 4.79 Å². The molecule has 0 bridgehead atoms. The Balaban J connectivity index is 2.55. The predicted molar refractivity (Wildman–Crippen MR) is 86.1 cm³/mol. The van der Waals surface area contributed by atoms with Gasteiger partial charge in [0.25, 0.3) is 0 Å². The van der Waals surface area contributed by atoms with Crippen LogP contribution in [0.25, 0.3) is 0 Å². The van der Waals surface area contributed by atoms with Crippen molar-refractivity contribution in [2.24, 2.45) is 17.6 Å². The maximum Gasteiger partial charge on any atom is 0.226 e. The fourth-order valence-electron chi connectivity index (χ4n) is 2.04. The molecule has 1 aromatic heterocycles. The summed E-state index contributed by atoms with van der Waals surface area (Å²) in [6, 6.07) is 0. The molecule has 114 valence electrons. The molecule has 0 spiro atoms. The number of hydrogen-bond donors (Lipinski definition) is 2. The number of aromatic nitrogens is 1. The Morgan fingerprint density at radius 2 is 2.10 bits per heavy atom. The molecule has 1 amide bonds. The highest BCUT2D eigenvalue weighted by atomic mass is 32.1. The molecule has 0 radical (unpaired) electrons. The van der Waals surface area contributed by atoms with Crippen LogP contribution in [0.1, 0.15) is 53.2 Å². The first-order chi connectivity index (χ1) is 9.22. The molecule has 1 atom stereocenters. The van der Waals surface area contributed by atoms with Crippen molar-refractivity contribution < 1.29 is 4.79 Å². The topological polar surface area (TPSA) is 68.0 Å². The number of anilines is 1. The van der Waals surface area contributed by atoms with Gasteiger partial charge in [-0.2, -0.15) is 0 Å². The summed E-state index contributed by atoms with van der Waals surface area (Å²) >= 11 is 1.48. The number of carbonyl (C=O) groups excluding carboxylic acids is 1. The maximum atomic E-state index is 12.0. The molecular weight excluding hydrogens is 270 g/mol. The van der Waals surface area contributed by atoms with Crippen LogP contribution in [0.15, 0.2) is 5.38 Å². The highest BCUT2D eigenvalue weighted by Crippen LogP contribution is 2.26. The van der Waals surface area contributed by atoms with Crippen LogP contribution in [-0.2, 0) is 10.2 Å². The summed E-state index contributed by atoms with van der Waals surface area (Å²) in [6.07, 6.45) is 1.45. The van der Waals surface area contributed by atoms with Crippen LogP contribution in [0.4, 0.5) is 5.13 Å². The summed E-state index contributed by atoms with van der Waals surface area (Å²) in [5.74, 6) is 0.816. The average Bonchev–Trinajstić information content (AvgIpc) is 2.75.